The van der Waals surface area contributed by atoms with Crippen LogP contribution in [0.1, 0.15) is 68.1 Å². The molecule has 1 atom stereocenters. The second-order valence-electron chi connectivity index (χ2n) is 7.88. The van der Waals surface area contributed by atoms with Gasteiger partial charge in [0.25, 0.3) is 0 Å². The Labute approximate surface area is 159 Å². The molecular formula is C20H27N3O4. The van der Waals surface area contributed by atoms with E-state index >= 15 is 0 Å². The van der Waals surface area contributed by atoms with Gasteiger partial charge in [0.2, 0.25) is 11.8 Å². The maximum Gasteiger partial charge on any atom is 0.330 e. The molecule has 0 bridgehead atoms. The Hall–Kier alpha value is -2.70. The minimum Gasteiger partial charge on any atom is -0.479 e. The molecule has 7 heteroatoms. The quantitative estimate of drug-likeness (QED) is 0.772. The third kappa shape index (κ3) is 5.91. The van der Waals surface area contributed by atoms with Gasteiger partial charge in [0.1, 0.15) is 0 Å². The van der Waals surface area contributed by atoms with Crippen molar-refractivity contribution in [3.63, 3.8) is 0 Å². The summed E-state index contributed by atoms with van der Waals surface area (Å²) in [6, 6.07) is 4.45. The van der Waals surface area contributed by atoms with Crippen LogP contribution in [0, 0.1) is 13.8 Å². The van der Waals surface area contributed by atoms with Gasteiger partial charge in [-0.2, -0.15) is 4.98 Å². The van der Waals surface area contributed by atoms with Gasteiger partial charge < -0.3 is 14.9 Å². The third-order valence-electron chi connectivity index (χ3n) is 4.06. The van der Waals surface area contributed by atoms with E-state index < -0.39 is 12.0 Å². The number of hydrogen-bond donors (Lipinski definition) is 2. The molecule has 0 spiro atoms. The fourth-order valence-electron chi connectivity index (χ4n) is 2.76. The zero-order valence-electron chi connectivity index (χ0n) is 16.5. The van der Waals surface area contributed by atoms with Gasteiger partial charge in [0, 0.05) is 18.3 Å². The van der Waals surface area contributed by atoms with Crippen molar-refractivity contribution in [3.05, 3.63) is 46.6 Å². The lowest BCUT2D eigenvalue weighted by molar-refractivity contribution is -0.142. The predicted octanol–water partition coefficient (Wildman–Crippen LogP) is 3.25. The molecule has 0 saturated carbocycles. The number of rotatable bonds is 7. The fraction of sp³-hybridized carbons (Fsp3) is 0.500. The number of benzene rings is 1. The van der Waals surface area contributed by atoms with E-state index in [2.05, 4.69) is 15.5 Å². The lowest BCUT2D eigenvalue weighted by Crippen LogP contribution is -2.33. The Bertz CT molecular complexity index is 801. The third-order valence-corrected chi connectivity index (χ3v) is 4.06. The molecule has 0 radical (unpaired) electrons. The molecule has 0 fully saturated rings. The van der Waals surface area contributed by atoms with Crippen molar-refractivity contribution in [1.82, 2.24) is 15.5 Å². The van der Waals surface area contributed by atoms with Crippen molar-refractivity contribution in [2.24, 2.45) is 0 Å². The normalized spacial score (nSPS) is 12.6. The molecule has 2 rings (SSSR count). The Morgan fingerprint density at radius 1 is 1.19 bits per heavy atom. The van der Waals surface area contributed by atoms with Gasteiger partial charge >= 0.3 is 5.97 Å². The van der Waals surface area contributed by atoms with Gasteiger partial charge in [-0.05, 0) is 25.8 Å². The first kappa shape index (κ1) is 20.6. The molecule has 1 heterocycles. The summed E-state index contributed by atoms with van der Waals surface area (Å²) in [5.74, 6) is -0.295. The first-order valence-corrected chi connectivity index (χ1v) is 8.99. The van der Waals surface area contributed by atoms with Crippen LogP contribution in [0.5, 0.6) is 0 Å². The fourth-order valence-corrected chi connectivity index (χ4v) is 2.76. The molecule has 0 aliphatic carbocycles. The highest BCUT2D eigenvalue weighted by Gasteiger charge is 2.23. The van der Waals surface area contributed by atoms with Crippen LogP contribution in [0.3, 0.4) is 0 Å². The van der Waals surface area contributed by atoms with Gasteiger partial charge in [-0.3, -0.25) is 4.79 Å². The molecule has 1 aromatic carbocycles. The van der Waals surface area contributed by atoms with Gasteiger partial charge in [-0.25, -0.2) is 4.79 Å². The summed E-state index contributed by atoms with van der Waals surface area (Å²) >= 11 is 0. The molecule has 1 amide bonds. The largest absolute Gasteiger partial charge is 0.479 e. The Kier molecular flexibility index (Phi) is 6.36. The molecule has 1 aromatic heterocycles. The van der Waals surface area contributed by atoms with Crippen LogP contribution in [-0.2, 0) is 21.4 Å². The first-order valence-electron chi connectivity index (χ1n) is 8.99. The van der Waals surface area contributed by atoms with Crippen molar-refractivity contribution >= 4 is 11.9 Å². The van der Waals surface area contributed by atoms with Crippen molar-refractivity contribution in [2.45, 2.75) is 65.3 Å². The van der Waals surface area contributed by atoms with Crippen molar-refractivity contribution in [1.29, 1.82) is 0 Å². The number of carbonyl (C=O) groups excluding carboxylic acids is 1. The molecule has 27 heavy (non-hydrogen) atoms. The van der Waals surface area contributed by atoms with Crippen LogP contribution >= 0.6 is 0 Å². The highest BCUT2D eigenvalue weighted by Crippen LogP contribution is 2.20. The molecule has 0 aliphatic rings. The summed E-state index contributed by atoms with van der Waals surface area (Å²) in [6.07, 6.45) is 1.15. The summed E-state index contributed by atoms with van der Waals surface area (Å²) in [6.45, 7) is 9.78. The summed E-state index contributed by atoms with van der Waals surface area (Å²) in [5.41, 5.74) is 2.29. The maximum atomic E-state index is 12.2. The van der Waals surface area contributed by atoms with Crippen LogP contribution in [0.15, 0.2) is 22.7 Å². The molecule has 2 aromatic rings. The van der Waals surface area contributed by atoms with Crippen LogP contribution < -0.4 is 5.32 Å². The molecule has 7 nitrogen and oxygen atoms in total. The van der Waals surface area contributed by atoms with Crippen LogP contribution in [0.2, 0.25) is 0 Å². The van der Waals surface area contributed by atoms with Crippen molar-refractivity contribution in [2.75, 3.05) is 0 Å². The van der Waals surface area contributed by atoms with Gasteiger partial charge in [-0.1, -0.05) is 55.3 Å². The zero-order valence-corrected chi connectivity index (χ0v) is 16.5. The van der Waals surface area contributed by atoms with E-state index in [1.165, 1.54) is 0 Å². The molecule has 2 N–H and O–H groups in total. The summed E-state index contributed by atoms with van der Waals surface area (Å²) in [7, 11) is 0. The number of carboxylic acids is 1. The lowest BCUT2D eigenvalue weighted by Gasteiger charge is -2.16. The first-order chi connectivity index (χ1) is 12.6. The number of nitrogens with zero attached hydrogens (tertiary/aromatic N) is 2. The highest BCUT2D eigenvalue weighted by molar-refractivity contribution is 5.84. The molecular weight excluding hydrogens is 346 g/mol. The van der Waals surface area contributed by atoms with Crippen molar-refractivity contribution < 1.29 is 19.2 Å². The summed E-state index contributed by atoms with van der Waals surface area (Å²) in [4.78, 5) is 28.1. The number of aliphatic carboxylic acids is 1. The van der Waals surface area contributed by atoms with E-state index in [0.29, 0.717) is 30.1 Å². The smallest absolute Gasteiger partial charge is 0.330 e. The Morgan fingerprint density at radius 3 is 2.33 bits per heavy atom. The van der Waals surface area contributed by atoms with E-state index in [1.807, 2.05) is 40.7 Å². The SMILES string of the molecule is Cc1cc(C)cc(C(NC(=O)CCCc2nc(C(C)(C)C)no2)C(=O)O)c1. The van der Waals surface area contributed by atoms with E-state index in [4.69, 9.17) is 4.52 Å². The summed E-state index contributed by atoms with van der Waals surface area (Å²) < 4.78 is 5.20. The highest BCUT2D eigenvalue weighted by atomic mass is 16.5. The number of carboxylic acid groups (broad SMARTS) is 1. The maximum absolute atomic E-state index is 12.2. The average molecular weight is 373 g/mol. The second-order valence-corrected chi connectivity index (χ2v) is 7.88. The molecule has 0 saturated heterocycles. The van der Waals surface area contributed by atoms with E-state index in [-0.39, 0.29) is 17.7 Å². The van der Waals surface area contributed by atoms with Crippen molar-refractivity contribution in [3.8, 4) is 0 Å². The van der Waals surface area contributed by atoms with Crippen LogP contribution in [0.4, 0.5) is 0 Å². The van der Waals surface area contributed by atoms with E-state index in [1.54, 1.807) is 12.1 Å². The minimum atomic E-state index is -1.08. The monoisotopic (exact) mass is 373 g/mol. The molecule has 146 valence electrons. The Balaban J connectivity index is 1.93. The number of aromatic nitrogens is 2. The minimum absolute atomic E-state index is 0.182. The van der Waals surface area contributed by atoms with Crippen LogP contribution in [0.25, 0.3) is 0 Å². The molecule has 0 aliphatic heterocycles. The number of nitrogens with one attached hydrogen (secondary N) is 1. The average Bonchev–Trinajstić information content (AvgIpc) is 3.00. The number of amides is 1. The zero-order chi connectivity index (χ0) is 20.2. The second kappa shape index (κ2) is 8.33. The lowest BCUT2D eigenvalue weighted by atomic mass is 9.96. The number of hydrogen-bond acceptors (Lipinski definition) is 5. The van der Waals surface area contributed by atoms with Gasteiger partial charge in [0.15, 0.2) is 11.9 Å². The van der Waals surface area contributed by atoms with E-state index in [0.717, 1.165) is 11.1 Å². The van der Waals surface area contributed by atoms with Gasteiger partial charge in [0.05, 0.1) is 0 Å². The number of aryl methyl sites for hydroxylation is 3. The molecule has 1 unspecified atom stereocenters. The van der Waals surface area contributed by atoms with Crippen LogP contribution in [-0.4, -0.2) is 27.1 Å². The standard InChI is InChI=1S/C20H27N3O4/c1-12-9-13(2)11-14(10-12)17(18(25)26)21-15(24)7-6-8-16-22-19(23-27-16)20(3,4)5/h9-11,17H,6-8H2,1-5H3,(H,21,24)(H,25,26). The topological polar surface area (TPSA) is 105 Å². The number of carbonyl (C=O) groups is 2. The Morgan fingerprint density at radius 2 is 1.81 bits per heavy atom. The summed E-state index contributed by atoms with van der Waals surface area (Å²) in [5, 5.41) is 16.0. The van der Waals surface area contributed by atoms with Gasteiger partial charge in [-0.15, -0.1) is 0 Å². The van der Waals surface area contributed by atoms with E-state index in [9.17, 15) is 14.7 Å². The predicted molar refractivity (Wildman–Crippen MR) is 100 cm³/mol.